The molecule has 0 bridgehead atoms. The number of carbonyl (C=O) groups is 1. The van der Waals surface area contributed by atoms with Crippen LogP contribution in [0.1, 0.15) is 33.2 Å². The first kappa shape index (κ1) is 18.2. The highest BCUT2D eigenvalue weighted by Crippen LogP contribution is 2.42. The van der Waals surface area contributed by atoms with E-state index in [1.54, 1.807) is 4.90 Å². The Bertz CT molecular complexity index is 974. The number of hydrogen-bond donors (Lipinski definition) is 1. The average Bonchev–Trinajstić information content (AvgIpc) is 3.12. The van der Waals surface area contributed by atoms with Gasteiger partial charge in [0.25, 0.3) is 0 Å². The number of hydrogen-bond acceptors (Lipinski definition) is 6. The van der Waals surface area contributed by atoms with Crippen molar-refractivity contribution >= 4 is 45.5 Å². The molecular weight excluding hydrogens is 459 g/mol. The second kappa shape index (κ2) is 6.47. The summed E-state index contributed by atoms with van der Waals surface area (Å²) >= 11 is 2.15. The summed E-state index contributed by atoms with van der Waals surface area (Å²) in [7, 11) is 0. The second-order valence-corrected chi connectivity index (χ2v) is 8.73. The lowest BCUT2D eigenvalue weighted by Crippen LogP contribution is -2.35. The van der Waals surface area contributed by atoms with E-state index in [1.165, 1.54) is 6.33 Å². The van der Waals surface area contributed by atoms with Crippen molar-refractivity contribution in [3.63, 3.8) is 0 Å². The van der Waals surface area contributed by atoms with Crippen LogP contribution in [0.4, 0.5) is 10.6 Å². The van der Waals surface area contributed by atoms with Crippen LogP contribution in [0.15, 0.2) is 30.3 Å². The SMILES string of the molecule is CC(C)(C)OC(=O)N1CC(n2nc(I)c3c(N)ncnc32)C2CC=CC=C21. The van der Waals surface area contributed by atoms with Crippen LogP contribution >= 0.6 is 22.6 Å². The molecule has 2 aromatic rings. The fourth-order valence-corrected chi connectivity index (χ4v) is 4.38. The lowest BCUT2D eigenvalue weighted by Gasteiger charge is -2.26. The van der Waals surface area contributed by atoms with E-state index < -0.39 is 5.60 Å². The summed E-state index contributed by atoms with van der Waals surface area (Å²) < 4.78 is 8.26. The number of halogens is 1. The first-order valence-corrected chi connectivity index (χ1v) is 9.85. The molecule has 0 aromatic carbocycles. The molecule has 1 aliphatic heterocycles. The van der Waals surface area contributed by atoms with Crippen molar-refractivity contribution in [3.05, 3.63) is 34.0 Å². The molecule has 2 N–H and O–H groups in total. The lowest BCUT2D eigenvalue weighted by molar-refractivity contribution is 0.0330. The Hall–Kier alpha value is -2.17. The number of carbonyl (C=O) groups excluding carboxylic acids is 1. The number of rotatable bonds is 1. The predicted molar refractivity (Wildman–Crippen MR) is 110 cm³/mol. The van der Waals surface area contributed by atoms with Gasteiger partial charge < -0.3 is 10.5 Å². The van der Waals surface area contributed by atoms with Gasteiger partial charge in [-0.05, 0) is 55.9 Å². The van der Waals surface area contributed by atoms with E-state index in [-0.39, 0.29) is 18.1 Å². The van der Waals surface area contributed by atoms with E-state index in [2.05, 4.69) is 43.7 Å². The smallest absolute Gasteiger partial charge is 0.414 e. The van der Waals surface area contributed by atoms with Gasteiger partial charge in [-0.15, -0.1) is 0 Å². The summed E-state index contributed by atoms with van der Waals surface area (Å²) in [4.78, 5) is 23.0. The zero-order valence-corrected chi connectivity index (χ0v) is 17.5. The van der Waals surface area contributed by atoms with Crippen molar-refractivity contribution in [3.8, 4) is 0 Å². The van der Waals surface area contributed by atoms with Gasteiger partial charge in [0.1, 0.15) is 21.4 Å². The molecule has 1 aliphatic carbocycles. The number of nitrogens with zero attached hydrogens (tertiary/aromatic N) is 5. The quantitative estimate of drug-likeness (QED) is 0.630. The number of fused-ring (bicyclic) bond motifs is 2. The maximum atomic E-state index is 12.8. The molecule has 3 heterocycles. The standard InChI is InChI=1S/C18H21IN6O2/c1-18(2,3)27-17(26)24-8-12(10-6-4-5-7-11(10)24)25-16-13(14(19)23-25)15(20)21-9-22-16/h4-5,7,9-10,12H,6,8H2,1-3H3,(H2,20,21,22). The topological polar surface area (TPSA) is 99.2 Å². The molecule has 0 spiro atoms. The van der Waals surface area contributed by atoms with Crippen LogP contribution in [0.5, 0.6) is 0 Å². The van der Waals surface area contributed by atoms with Crippen molar-refractivity contribution in [2.45, 2.75) is 38.8 Å². The van der Waals surface area contributed by atoms with Crippen molar-refractivity contribution < 1.29 is 9.53 Å². The molecule has 4 rings (SSSR count). The number of aromatic nitrogens is 4. The van der Waals surface area contributed by atoms with Gasteiger partial charge in [-0.3, -0.25) is 4.90 Å². The van der Waals surface area contributed by atoms with Crippen LogP contribution < -0.4 is 5.73 Å². The Balaban J connectivity index is 1.75. The Morgan fingerprint density at radius 2 is 2.15 bits per heavy atom. The zero-order valence-electron chi connectivity index (χ0n) is 15.4. The molecule has 1 fully saturated rings. The van der Waals surface area contributed by atoms with Crippen molar-refractivity contribution in [1.82, 2.24) is 24.6 Å². The van der Waals surface area contributed by atoms with Gasteiger partial charge in [0.15, 0.2) is 5.65 Å². The van der Waals surface area contributed by atoms with Crippen molar-refractivity contribution in [2.75, 3.05) is 12.3 Å². The second-order valence-electron chi connectivity index (χ2n) is 7.71. The number of nitrogen functional groups attached to an aromatic ring is 1. The molecule has 2 unspecified atom stereocenters. The fraction of sp³-hybridized carbons (Fsp3) is 0.444. The van der Waals surface area contributed by atoms with Crippen molar-refractivity contribution in [1.29, 1.82) is 0 Å². The Kier molecular flexibility index (Phi) is 4.36. The number of ether oxygens (including phenoxy) is 1. The fourth-order valence-electron chi connectivity index (χ4n) is 3.63. The van der Waals surface area contributed by atoms with E-state index >= 15 is 0 Å². The Morgan fingerprint density at radius 3 is 2.89 bits per heavy atom. The van der Waals surface area contributed by atoms with Gasteiger partial charge in [0.2, 0.25) is 0 Å². The maximum Gasteiger partial charge on any atom is 0.414 e. The van der Waals surface area contributed by atoms with Crippen LogP contribution in [-0.2, 0) is 4.74 Å². The predicted octanol–water partition coefficient (Wildman–Crippen LogP) is 3.26. The van der Waals surface area contributed by atoms with E-state index in [4.69, 9.17) is 10.5 Å². The van der Waals surface area contributed by atoms with Gasteiger partial charge in [0, 0.05) is 11.6 Å². The number of nitrogens with two attached hydrogens (primary N) is 1. The minimum atomic E-state index is -0.550. The summed E-state index contributed by atoms with van der Waals surface area (Å²) in [5.41, 5.74) is 7.13. The third kappa shape index (κ3) is 3.17. The maximum absolute atomic E-state index is 12.8. The number of anilines is 1. The van der Waals surface area contributed by atoms with Gasteiger partial charge in [-0.2, -0.15) is 5.10 Å². The molecule has 1 amide bonds. The number of amides is 1. The van der Waals surface area contributed by atoms with Gasteiger partial charge in [-0.1, -0.05) is 12.2 Å². The zero-order chi connectivity index (χ0) is 19.3. The highest BCUT2D eigenvalue weighted by atomic mass is 127. The molecule has 0 saturated carbocycles. The highest BCUT2D eigenvalue weighted by Gasteiger charge is 2.43. The van der Waals surface area contributed by atoms with Gasteiger partial charge >= 0.3 is 6.09 Å². The number of allylic oxidation sites excluding steroid dienone is 4. The molecule has 2 aliphatic rings. The molecular formula is C18H21IN6O2. The normalized spacial score (nSPS) is 22.1. The molecule has 2 aromatic heterocycles. The lowest BCUT2D eigenvalue weighted by atomic mass is 9.93. The summed E-state index contributed by atoms with van der Waals surface area (Å²) in [6, 6.07) is -0.0472. The molecule has 27 heavy (non-hydrogen) atoms. The molecule has 2 atom stereocenters. The summed E-state index contributed by atoms with van der Waals surface area (Å²) in [6.45, 7) is 6.08. The Labute approximate surface area is 170 Å². The summed E-state index contributed by atoms with van der Waals surface area (Å²) in [5.74, 6) is 0.537. The van der Waals surface area contributed by atoms with Gasteiger partial charge in [-0.25, -0.2) is 19.4 Å². The Morgan fingerprint density at radius 1 is 1.37 bits per heavy atom. The third-order valence-electron chi connectivity index (χ3n) is 4.72. The monoisotopic (exact) mass is 480 g/mol. The summed E-state index contributed by atoms with van der Waals surface area (Å²) in [6.07, 6.45) is 8.02. The molecule has 142 valence electrons. The largest absolute Gasteiger partial charge is 0.443 e. The first-order valence-electron chi connectivity index (χ1n) is 8.77. The molecule has 8 nitrogen and oxygen atoms in total. The van der Waals surface area contributed by atoms with Crippen LogP contribution in [0.3, 0.4) is 0 Å². The highest BCUT2D eigenvalue weighted by molar-refractivity contribution is 14.1. The minimum Gasteiger partial charge on any atom is -0.443 e. The van der Waals surface area contributed by atoms with E-state index in [0.29, 0.717) is 18.0 Å². The van der Waals surface area contributed by atoms with E-state index in [0.717, 1.165) is 21.2 Å². The molecule has 1 saturated heterocycles. The van der Waals surface area contributed by atoms with Crippen LogP contribution in [0.2, 0.25) is 0 Å². The first-order chi connectivity index (χ1) is 12.8. The van der Waals surface area contributed by atoms with Crippen LogP contribution in [0.25, 0.3) is 11.0 Å². The summed E-state index contributed by atoms with van der Waals surface area (Å²) in [5, 5.41) is 5.44. The third-order valence-corrected chi connectivity index (χ3v) is 5.48. The van der Waals surface area contributed by atoms with E-state index in [1.807, 2.05) is 37.6 Å². The van der Waals surface area contributed by atoms with E-state index in [9.17, 15) is 4.79 Å². The van der Waals surface area contributed by atoms with Crippen molar-refractivity contribution in [2.24, 2.45) is 5.92 Å². The average molecular weight is 480 g/mol. The molecule has 9 heteroatoms. The van der Waals surface area contributed by atoms with Crippen LogP contribution in [0, 0.1) is 9.62 Å². The number of likely N-dealkylation sites (tertiary alicyclic amines) is 1. The van der Waals surface area contributed by atoms with Gasteiger partial charge in [0.05, 0.1) is 18.0 Å². The minimum absolute atomic E-state index is 0.0472. The van der Waals surface area contributed by atoms with Crippen LogP contribution in [-0.4, -0.2) is 42.9 Å². The molecule has 0 radical (unpaired) electrons.